The molecule has 1 unspecified atom stereocenters. The van der Waals surface area contributed by atoms with Gasteiger partial charge in [0, 0.05) is 25.6 Å². The van der Waals surface area contributed by atoms with Gasteiger partial charge in [-0.15, -0.1) is 0 Å². The molecule has 114 valence electrons. The Hall–Kier alpha value is -2.15. The largest absolute Gasteiger partial charge is 0.338 e. The SMILES string of the molecule is CC(C)C1CC(=O)N(Cc2ccc(NN)c([N+](=O)[O-])c2)C1. The van der Waals surface area contributed by atoms with Crippen LogP contribution in [0.5, 0.6) is 0 Å². The van der Waals surface area contributed by atoms with E-state index >= 15 is 0 Å². The van der Waals surface area contributed by atoms with Crippen LogP contribution in [0.4, 0.5) is 11.4 Å². The lowest BCUT2D eigenvalue weighted by Crippen LogP contribution is -2.25. The third kappa shape index (κ3) is 3.30. The summed E-state index contributed by atoms with van der Waals surface area (Å²) in [5.74, 6) is 6.18. The monoisotopic (exact) mass is 292 g/mol. The number of anilines is 1. The topological polar surface area (TPSA) is 102 Å². The fourth-order valence-corrected chi connectivity index (χ4v) is 2.57. The number of hydrogen-bond donors (Lipinski definition) is 2. The van der Waals surface area contributed by atoms with Crippen LogP contribution in [0, 0.1) is 22.0 Å². The lowest BCUT2D eigenvalue weighted by Gasteiger charge is -2.18. The minimum atomic E-state index is -0.485. The second-order valence-electron chi connectivity index (χ2n) is 5.74. The number of carbonyl (C=O) groups is 1. The van der Waals surface area contributed by atoms with Crippen LogP contribution in [0.15, 0.2) is 18.2 Å². The summed E-state index contributed by atoms with van der Waals surface area (Å²) in [7, 11) is 0. The van der Waals surface area contributed by atoms with Crippen molar-refractivity contribution in [1.29, 1.82) is 0 Å². The third-order valence-corrected chi connectivity index (χ3v) is 3.97. The molecule has 1 aromatic rings. The number of nitro groups is 1. The van der Waals surface area contributed by atoms with E-state index in [4.69, 9.17) is 5.84 Å². The van der Waals surface area contributed by atoms with Gasteiger partial charge in [-0.05, 0) is 23.5 Å². The first kappa shape index (κ1) is 15.2. The molecule has 0 aliphatic carbocycles. The molecule has 1 aromatic carbocycles. The Kier molecular flexibility index (Phi) is 4.42. The molecule has 0 radical (unpaired) electrons. The summed E-state index contributed by atoms with van der Waals surface area (Å²) in [5, 5.41) is 11.0. The third-order valence-electron chi connectivity index (χ3n) is 3.97. The molecule has 1 fully saturated rings. The highest BCUT2D eigenvalue weighted by Crippen LogP contribution is 2.29. The highest BCUT2D eigenvalue weighted by Gasteiger charge is 2.31. The smallest absolute Gasteiger partial charge is 0.293 e. The molecule has 2 rings (SSSR count). The maximum absolute atomic E-state index is 12.0. The van der Waals surface area contributed by atoms with Crippen molar-refractivity contribution in [2.24, 2.45) is 17.7 Å². The minimum absolute atomic E-state index is 0.0814. The zero-order valence-electron chi connectivity index (χ0n) is 12.2. The van der Waals surface area contributed by atoms with E-state index in [9.17, 15) is 14.9 Å². The molecule has 0 aromatic heterocycles. The van der Waals surface area contributed by atoms with Crippen molar-refractivity contribution in [3.63, 3.8) is 0 Å². The van der Waals surface area contributed by atoms with E-state index in [2.05, 4.69) is 19.3 Å². The second-order valence-corrected chi connectivity index (χ2v) is 5.74. The number of nitrogens with one attached hydrogen (secondary N) is 1. The number of nitrogens with zero attached hydrogens (tertiary/aromatic N) is 2. The van der Waals surface area contributed by atoms with Crippen LogP contribution in [-0.4, -0.2) is 22.3 Å². The first-order valence-corrected chi connectivity index (χ1v) is 6.94. The molecule has 7 nitrogen and oxygen atoms in total. The van der Waals surface area contributed by atoms with Crippen LogP contribution in [-0.2, 0) is 11.3 Å². The number of nitrogens with two attached hydrogens (primary N) is 1. The van der Waals surface area contributed by atoms with E-state index in [0.717, 1.165) is 5.56 Å². The molecule has 1 saturated heterocycles. The highest BCUT2D eigenvalue weighted by molar-refractivity contribution is 5.78. The summed E-state index contributed by atoms with van der Waals surface area (Å²) in [5.41, 5.74) is 3.22. The van der Waals surface area contributed by atoms with Gasteiger partial charge in [0.05, 0.1) is 4.92 Å². The molecule has 0 spiro atoms. The van der Waals surface area contributed by atoms with E-state index in [1.165, 1.54) is 6.07 Å². The van der Waals surface area contributed by atoms with E-state index in [1.54, 1.807) is 17.0 Å². The van der Waals surface area contributed by atoms with Crippen molar-refractivity contribution in [2.45, 2.75) is 26.8 Å². The predicted molar refractivity (Wildman–Crippen MR) is 79.3 cm³/mol. The Labute approximate surface area is 123 Å². The van der Waals surface area contributed by atoms with Gasteiger partial charge in [0.15, 0.2) is 0 Å². The summed E-state index contributed by atoms with van der Waals surface area (Å²) in [6.45, 7) is 5.32. The van der Waals surface area contributed by atoms with Gasteiger partial charge >= 0.3 is 0 Å². The predicted octanol–water partition coefficient (Wildman–Crippen LogP) is 1.88. The van der Waals surface area contributed by atoms with Gasteiger partial charge in [0.25, 0.3) is 5.69 Å². The van der Waals surface area contributed by atoms with Crippen molar-refractivity contribution in [2.75, 3.05) is 12.0 Å². The number of nitrogen functional groups attached to an aromatic ring is 1. The number of nitro benzene ring substituents is 1. The quantitative estimate of drug-likeness (QED) is 0.490. The van der Waals surface area contributed by atoms with Gasteiger partial charge in [-0.2, -0.15) is 0 Å². The molecular formula is C14H20N4O3. The van der Waals surface area contributed by atoms with Crippen LogP contribution in [0.2, 0.25) is 0 Å². The molecule has 1 heterocycles. The van der Waals surface area contributed by atoms with Gasteiger partial charge in [-0.3, -0.25) is 20.8 Å². The van der Waals surface area contributed by atoms with Crippen molar-refractivity contribution >= 4 is 17.3 Å². The summed E-state index contributed by atoms with van der Waals surface area (Å²) >= 11 is 0. The van der Waals surface area contributed by atoms with Crippen molar-refractivity contribution in [1.82, 2.24) is 4.90 Å². The summed E-state index contributed by atoms with van der Waals surface area (Å²) in [6.07, 6.45) is 0.558. The fourth-order valence-electron chi connectivity index (χ4n) is 2.57. The molecule has 1 aliphatic heterocycles. The van der Waals surface area contributed by atoms with Crippen LogP contribution in [0.3, 0.4) is 0 Å². The first-order valence-electron chi connectivity index (χ1n) is 6.94. The van der Waals surface area contributed by atoms with Crippen molar-refractivity contribution in [3.05, 3.63) is 33.9 Å². The molecule has 1 aliphatic rings. The Balaban J connectivity index is 2.15. The van der Waals surface area contributed by atoms with E-state index < -0.39 is 4.92 Å². The standard InChI is InChI=1S/C14H20N4O3/c1-9(2)11-6-14(19)17(8-11)7-10-3-4-12(16-15)13(5-10)18(20)21/h3-5,9,11,16H,6-8,15H2,1-2H3. The van der Waals surface area contributed by atoms with Crippen LogP contribution in [0.25, 0.3) is 0 Å². The zero-order valence-corrected chi connectivity index (χ0v) is 12.2. The molecule has 3 N–H and O–H groups in total. The first-order chi connectivity index (χ1) is 9.92. The highest BCUT2D eigenvalue weighted by atomic mass is 16.6. The lowest BCUT2D eigenvalue weighted by atomic mass is 9.95. The van der Waals surface area contributed by atoms with Crippen LogP contribution < -0.4 is 11.3 Å². The molecule has 1 amide bonds. The van der Waals surface area contributed by atoms with E-state index in [1.807, 2.05) is 0 Å². The molecule has 0 bridgehead atoms. The van der Waals surface area contributed by atoms with Gasteiger partial charge in [0.2, 0.25) is 5.91 Å². The fraction of sp³-hybridized carbons (Fsp3) is 0.500. The second kappa shape index (κ2) is 6.09. The summed E-state index contributed by atoms with van der Waals surface area (Å²) < 4.78 is 0. The average Bonchev–Trinajstić information content (AvgIpc) is 2.80. The van der Waals surface area contributed by atoms with Gasteiger partial charge in [-0.25, -0.2) is 0 Å². The molecular weight excluding hydrogens is 272 g/mol. The van der Waals surface area contributed by atoms with Gasteiger partial charge < -0.3 is 10.3 Å². The Morgan fingerprint density at radius 3 is 2.76 bits per heavy atom. The van der Waals surface area contributed by atoms with Gasteiger partial charge in [0.1, 0.15) is 5.69 Å². The number of hydrazine groups is 1. The molecule has 1 atom stereocenters. The molecule has 21 heavy (non-hydrogen) atoms. The molecule has 7 heteroatoms. The number of carbonyl (C=O) groups excluding carboxylic acids is 1. The Morgan fingerprint density at radius 2 is 2.24 bits per heavy atom. The summed E-state index contributed by atoms with van der Waals surface area (Å²) in [6, 6.07) is 4.78. The zero-order chi connectivity index (χ0) is 15.6. The summed E-state index contributed by atoms with van der Waals surface area (Å²) in [4.78, 5) is 24.3. The Morgan fingerprint density at radius 1 is 1.52 bits per heavy atom. The maximum Gasteiger partial charge on any atom is 0.293 e. The number of likely N-dealkylation sites (tertiary alicyclic amines) is 1. The molecule has 0 saturated carbocycles. The van der Waals surface area contributed by atoms with Crippen molar-refractivity contribution < 1.29 is 9.72 Å². The maximum atomic E-state index is 12.0. The number of hydrogen-bond acceptors (Lipinski definition) is 5. The van der Waals surface area contributed by atoms with E-state index in [0.29, 0.717) is 31.3 Å². The lowest BCUT2D eigenvalue weighted by molar-refractivity contribution is -0.384. The number of rotatable bonds is 5. The number of benzene rings is 1. The average molecular weight is 292 g/mol. The van der Waals surface area contributed by atoms with Crippen LogP contribution >= 0.6 is 0 Å². The van der Waals surface area contributed by atoms with Gasteiger partial charge in [-0.1, -0.05) is 19.9 Å². The van der Waals surface area contributed by atoms with Crippen LogP contribution in [0.1, 0.15) is 25.8 Å². The minimum Gasteiger partial charge on any atom is -0.338 e. The number of amides is 1. The Bertz CT molecular complexity index is 559. The van der Waals surface area contributed by atoms with E-state index in [-0.39, 0.29) is 17.3 Å². The normalized spacial score (nSPS) is 18.4. The van der Waals surface area contributed by atoms with Crippen molar-refractivity contribution in [3.8, 4) is 0 Å².